The summed E-state index contributed by atoms with van der Waals surface area (Å²) < 4.78 is 0. The lowest BCUT2D eigenvalue weighted by atomic mass is 10.0. The molecule has 0 saturated heterocycles. The molecule has 1 aliphatic heterocycles. The van der Waals surface area contributed by atoms with Crippen molar-refractivity contribution in [3.05, 3.63) is 29.3 Å². The summed E-state index contributed by atoms with van der Waals surface area (Å²) in [6, 6.07) is 5.76. The Morgan fingerprint density at radius 3 is 3.00 bits per heavy atom. The van der Waals surface area contributed by atoms with Crippen LogP contribution >= 0.6 is 0 Å². The highest BCUT2D eigenvalue weighted by atomic mass is 16.3. The van der Waals surface area contributed by atoms with Crippen molar-refractivity contribution in [3.8, 4) is 5.75 Å². The molecule has 0 spiro atoms. The van der Waals surface area contributed by atoms with E-state index in [0.717, 1.165) is 19.5 Å². The summed E-state index contributed by atoms with van der Waals surface area (Å²) >= 11 is 0. The van der Waals surface area contributed by atoms with Crippen LogP contribution in [0.3, 0.4) is 0 Å². The SMILES string of the molecule is CCN1CCCc2ccc(O)cc2C1. The van der Waals surface area contributed by atoms with E-state index >= 15 is 0 Å². The molecule has 14 heavy (non-hydrogen) atoms. The number of aryl methyl sites for hydroxylation is 1. The molecule has 1 aromatic carbocycles. The lowest BCUT2D eigenvalue weighted by molar-refractivity contribution is 0.284. The van der Waals surface area contributed by atoms with E-state index < -0.39 is 0 Å². The number of phenolic OH excluding ortho intramolecular Hbond substituents is 1. The van der Waals surface area contributed by atoms with Crippen molar-refractivity contribution in [2.24, 2.45) is 0 Å². The van der Waals surface area contributed by atoms with Crippen LogP contribution in [0.2, 0.25) is 0 Å². The Kier molecular flexibility index (Phi) is 2.73. The van der Waals surface area contributed by atoms with Crippen LogP contribution in [0.15, 0.2) is 18.2 Å². The van der Waals surface area contributed by atoms with Crippen molar-refractivity contribution in [3.63, 3.8) is 0 Å². The van der Waals surface area contributed by atoms with Gasteiger partial charge < -0.3 is 5.11 Å². The molecule has 76 valence electrons. The standard InChI is InChI=1S/C12H17NO/c1-2-13-7-3-4-10-5-6-12(14)8-11(10)9-13/h5-6,8,14H,2-4,7,9H2,1H3. The molecular weight excluding hydrogens is 174 g/mol. The summed E-state index contributed by atoms with van der Waals surface area (Å²) in [4.78, 5) is 2.42. The lowest BCUT2D eigenvalue weighted by Gasteiger charge is -2.17. The van der Waals surface area contributed by atoms with Crippen molar-refractivity contribution in [1.29, 1.82) is 0 Å². The minimum atomic E-state index is 0.390. The number of hydrogen-bond acceptors (Lipinski definition) is 2. The maximum absolute atomic E-state index is 9.42. The Morgan fingerprint density at radius 1 is 1.36 bits per heavy atom. The van der Waals surface area contributed by atoms with Crippen molar-refractivity contribution in [1.82, 2.24) is 4.90 Å². The highest BCUT2D eigenvalue weighted by molar-refractivity contribution is 5.35. The summed E-state index contributed by atoms with van der Waals surface area (Å²) in [5.41, 5.74) is 2.70. The van der Waals surface area contributed by atoms with Gasteiger partial charge in [0.1, 0.15) is 5.75 Å². The van der Waals surface area contributed by atoms with E-state index in [1.807, 2.05) is 6.07 Å². The molecule has 0 amide bonds. The second kappa shape index (κ2) is 4.01. The maximum atomic E-state index is 9.42. The fourth-order valence-electron chi connectivity index (χ4n) is 2.09. The number of hydrogen-bond donors (Lipinski definition) is 1. The van der Waals surface area contributed by atoms with Gasteiger partial charge in [0.15, 0.2) is 0 Å². The molecule has 0 aliphatic carbocycles. The first-order chi connectivity index (χ1) is 6.79. The molecular formula is C12H17NO. The molecule has 0 fully saturated rings. The Bertz CT molecular complexity index is 322. The molecule has 2 rings (SSSR count). The lowest BCUT2D eigenvalue weighted by Crippen LogP contribution is -2.22. The predicted octanol–water partition coefficient (Wildman–Crippen LogP) is 2.16. The third-order valence-corrected chi connectivity index (χ3v) is 2.95. The van der Waals surface area contributed by atoms with Crippen LogP contribution in [0.25, 0.3) is 0 Å². The number of phenols is 1. The Balaban J connectivity index is 2.28. The first-order valence-corrected chi connectivity index (χ1v) is 5.32. The first-order valence-electron chi connectivity index (χ1n) is 5.32. The smallest absolute Gasteiger partial charge is 0.115 e. The fourth-order valence-corrected chi connectivity index (χ4v) is 2.09. The van der Waals surface area contributed by atoms with Crippen molar-refractivity contribution in [2.75, 3.05) is 13.1 Å². The summed E-state index contributed by atoms with van der Waals surface area (Å²) in [5.74, 6) is 0.390. The average molecular weight is 191 g/mol. The second-order valence-electron chi connectivity index (χ2n) is 3.93. The van der Waals surface area contributed by atoms with E-state index in [0.29, 0.717) is 5.75 Å². The Hall–Kier alpha value is -1.02. The van der Waals surface area contributed by atoms with Crippen LogP contribution < -0.4 is 0 Å². The first kappa shape index (κ1) is 9.53. The largest absolute Gasteiger partial charge is 0.508 e. The fraction of sp³-hybridized carbons (Fsp3) is 0.500. The third kappa shape index (κ3) is 1.90. The summed E-state index contributed by atoms with van der Waals surface area (Å²) in [6.45, 7) is 5.44. The number of benzene rings is 1. The molecule has 2 heteroatoms. The van der Waals surface area contributed by atoms with E-state index in [2.05, 4.69) is 17.9 Å². The second-order valence-corrected chi connectivity index (χ2v) is 3.93. The number of fused-ring (bicyclic) bond motifs is 1. The predicted molar refractivity (Wildman–Crippen MR) is 57.4 cm³/mol. The summed E-state index contributed by atoms with van der Waals surface area (Å²) in [5, 5.41) is 9.42. The number of aromatic hydroxyl groups is 1. The third-order valence-electron chi connectivity index (χ3n) is 2.95. The van der Waals surface area contributed by atoms with Gasteiger partial charge in [0, 0.05) is 6.54 Å². The highest BCUT2D eigenvalue weighted by Crippen LogP contribution is 2.22. The highest BCUT2D eigenvalue weighted by Gasteiger charge is 2.12. The van der Waals surface area contributed by atoms with Crippen molar-refractivity contribution >= 4 is 0 Å². The zero-order chi connectivity index (χ0) is 9.97. The quantitative estimate of drug-likeness (QED) is 0.735. The van der Waals surface area contributed by atoms with Gasteiger partial charge in [-0.25, -0.2) is 0 Å². The van der Waals surface area contributed by atoms with Crippen LogP contribution in [-0.2, 0) is 13.0 Å². The van der Waals surface area contributed by atoms with Gasteiger partial charge in [0.2, 0.25) is 0 Å². The Morgan fingerprint density at radius 2 is 2.21 bits per heavy atom. The molecule has 1 aliphatic rings. The molecule has 0 aromatic heterocycles. The van der Waals surface area contributed by atoms with E-state index in [1.54, 1.807) is 6.07 Å². The van der Waals surface area contributed by atoms with Gasteiger partial charge in [-0.2, -0.15) is 0 Å². The monoisotopic (exact) mass is 191 g/mol. The molecule has 0 unspecified atom stereocenters. The minimum absolute atomic E-state index is 0.390. The van der Waals surface area contributed by atoms with Gasteiger partial charge in [-0.1, -0.05) is 13.0 Å². The van der Waals surface area contributed by atoms with E-state index in [9.17, 15) is 5.11 Å². The van der Waals surface area contributed by atoms with Crippen LogP contribution in [0, 0.1) is 0 Å². The van der Waals surface area contributed by atoms with Crippen LogP contribution in [0.4, 0.5) is 0 Å². The molecule has 0 radical (unpaired) electrons. The zero-order valence-electron chi connectivity index (χ0n) is 8.66. The number of rotatable bonds is 1. The molecule has 1 N–H and O–H groups in total. The molecule has 0 atom stereocenters. The van der Waals surface area contributed by atoms with E-state index in [1.165, 1.54) is 24.1 Å². The van der Waals surface area contributed by atoms with Crippen molar-refractivity contribution in [2.45, 2.75) is 26.3 Å². The normalized spacial score (nSPS) is 17.5. The topological polar surface area (TPSA) is 23.5 Å². The molecule has 2 nitrogen and oxygen atoms in total. The van der Waals surface area contributed by atoms with Gasteiger partial charge >= 0.3 is 0 Å². The molecule has 1 heterocycles. The van der Waals surface area contributed by atoms with Gasteiger partial charge in [-0.15, -0.1) is 0 Å². The van der Waals surface area contributed by atoms with Gasteiger partial charge in [0.25, 0.3) is 0 Å². The molecule has 0 bridgehead atoms. The van der Waals surface area contributed by atoms with E-state index in [4.69, 9.17) is 0 Å². The van der Waals surface area contributed by atoms with Crippen LogP contribution in [0.1, 0.15) is 24.5 Å². The summed E-state index contributed by atoms with van der Waals surface area (Å²) in [6.07, 6.45) is 2.37. The zero-order valence-corrected chi connectivity index (χ0v) is 8.66. The van der Waals surface area contributed by atoms with Crippen molar-refractivity contribution < 1.29 is 5.11 Å². The number of nitrogens with zero attached hydrogens (tertiary/aromatic N) is 1. The average Bonchev–Trinajstić information content (AvgIpc) is 2.38. The maximum Gasteiger partial charge on any atom is 0.115 e. The molecule has 0 saturated carbocycles. The van der Waals surface area contributed by atoms with Crippen LogP contribution in [0.5, 0.6) is 5.75 Å². The van der Waals surface area contributed by atoms with Gasteiger partial charge in [0.05, 0.1) is 0 Å². The molecule has 1 aromatic rings. The summed E-state index contributed by atoms with van der Waals surface area (Å²) in [7, 11) is 0. The van der Waals surface area contributed by atoms with Gasteiger partial charge in [-0.3, -0.25) is 4.90 Å². The van der Waals surface area contributed by atoms with Gasteiger partial charge in [-0.05, 0) is 49.2 Å². The van der Waals surface area contributed by atoms with Crippen LogP contribution in [-0.4, -0.2) is 23.1 Å². The minimum Gasteiger partial charge on any atom is -0.508 e. The van der Waals surface area contributed by atoms with E-state index in [-0.39, 0.29) is 0 Å². The Labute approximate surface area is 85.2 Å².